The molecular formula is C5H7N3OS2. The van der Waals surface area contributed by atoms with Gasteiger partial charge in [0, 0.05) is 0 Å². The van der Waals surface area contributed by atoms with Crippen LogP contribution in [-0.4, -0.2) is 16.5 Å². The Balaban J connectivity index is 3.17. The fourth-order valence-electron chi connectivity index (χ4n) is 0.653. The van der Waals surface area contributed by atoms with E-state index in [9.17, 15) is 4.79 Å². The third kappa shape index (κ3) is 1.46. The van der Waals surface area contributed by atoms with Gasteiger partial charge in [-0.1, -0.05) is 0 Å². The lowest BCUT2D eigenvalue weighted by atomic mass is 10.3. The number of carbonyl (C=O) groups is 1. The van der Waals surface area contributed by atoms with Crippen molar-refractivity contribution in [3.8, 4) is 0 Å². The molecule has 6 heteroatoms. The van der Waals surface area contributed by atoms with E-state index < -0.39 is 5.91 Å². The zero-order chi connectivity index (χ0) is 8.43. The van der Waals surface area contributed by atoms with E-state index in [1.165, 1.54) is 11.8 Å². The Kier molecular flexibility index (Phi) is 2.35. The first-order valence-electron chi connectivity index (χ1n) is 2.75. The molecule has 1 rings (SSSR count). The number of primary amides is 1. The van der Waals surface area contributed by atoms with Crippen LogP contribution in [0.2, 0.25) is 0 Å². The van der Waals surface area contributed by atoms with E-state index in [1.54, 1.807) is 0 Å². The number of carbonyl (C=O) groups excluding carboxylic acids is 1. The summed E-state index contributed by atoms with van der Waals surface area (Å²) in [7, 11) is 0. The minimum atomic E-state index is -0.513. The summed E-state index contributed by atoms with van der Waals surface area (Å²) in [5, 5.41) is 1.00. The Morgan fingerprint density at radius 2 is 2.36 bits per heavy atom. The number of rotatable bonds is 2. The first-order chi connectivity index (χ1) is 5.16. The smallest absolute Gasteiger partial charge is 0.254 e. The highest BCUT2D eigenvalue weighted by Gasteiger charge is 2.15. The molecule has 0 atom stereocenters. The third-order valence-corrected chi connectivity index (χ3v) is 2.60. The van der Waals surface area contributed by atoms with Crippen LogP contribution in [0.25, 0.3) is 0 Å². The van der Waals surface area contributed by atoms with Gasteiger partial charge in [0.05, 0.1) is 0 Å². The Labute approximate surface area is 72.1 Å². The Bertz CT molecular complexity index is 283. The van der Waals surface area contributed by atoms with Gasteiger partial charge < -0.3 is 11.5 Å². The zero-order valence-corrected chi connectivity index (χ0v) is 7.46. The lowest BCUT2D eigenvalue weighted by Gasteiger charge is -1.93. The third-order valence-electron chi connectivity index (χ3n) is 1.13. The van der Waals surface area contributed by atoms with Crippen molar-refractivity contribution >= 4 is 34.2 Å². The van der Waals surface area contributed by atoms with Gasteiger partial charge in [-0.2, -0.15) is 4.37 Å². The molecule has 0 bridgehead atoms. The van der Waals surface area contributed by atoms with E-state index in [1.807, 2.05) is 6.26 Å². The first kappa shape index (κ1) is 8.35. The molecule has 0 unspecified atom stereocenters. The van der Waals surface area contributed by atoms with Crippen LogP contribution in [0, 0.1) is 0 Å². The predicted molar refractivity (Wildman–Crippen MR) is 46.8 cm³/mol. The fourth-order valence-corrected chi connectivity index (χ4v) is 2.10. The van der Waals surface area contributed by atoms with Crippen LogP contribution in [0.1, 0.15) is 10.4 Å². The largest absolute Gasteiger partial charge is 0.389 e. The predicted octanol–water partition coefficient (Wildman–Crippen LogP) is 0.546. The molecule has 4 nitrogen and oxygen atoms in total. The number of hydrogen-bond acceptors (Lipinski definition) is 5. The summed E-state index contributed by atoms with van der Waals surface area (Å²) in [5.41, 5.74) is 10.9. The summed E-state index contributed by atoms with van der Waals surface area (Å²) in [6, 6.07) is 0. The van der Waals surface area contributed by atoms with E-state index >= 15 is 0 Å². The molecule has 0 aliphatic carbocycles. The fraction of sp³-hybridized carbons (Fsp3) is 0.200. The lowest BCUT2D eigenvalue weighted by Crippen LogP contribution is -2.12. The first-order valence-corrected chi connectivity index (χ1v) is 4.75. The SMILES string of the molecule is CSc1nsc(N)c1C(N)=O. The van der Waals surface area contributed by atoms with Gasteiger partial charge in [0.2, 0.25) is 0 Å². The molecule has 0 aliphatic rings. The maximum atomic E-state index is 10.8. The van der Waals surface area contributed by atoms with Crippen LogP contribution in [0.5, 0.6) is 0 Å². The number of thioether (sulfide) groups is 1. The van der Waals surface area contributed by atoms with E-state index in [0.717, 1.165) is 11.5 Å². The van der Waals surface area contributed by atoms with Crippen LogP contribution >= 0.6 is 23.3 Å². The van der Waals surface area contributed by atoms with Crippen LogP contribution < -0.4 is 11.5 Å². The molecule has 60 valence electrons. The summed E-state index contributed by atoms with van der Waals surface area (Å²) in [5.74, 6) is -0.513. The number of nitrogens with zero attached hydrogens (tertiary/aromatic N) is 1. The molecule has 4 N–H and O–H groups in total. The Hall–Kier alpha value is -0.750. The maximum Gasteiger partial charge on any atom is 0.254 e. The molecule has 1 amide bonds. The summed E-state index contributed by atoms with van der Waals surface area (Å²) in [6.07, 6.45) is 1.82. The second kappa shape index (κ2) is 3.10. The molecule has 0 radical (unpaired) electrons. The molecule has 0 spiro atoms. The van der Waals surface area contributed by atoms with Gasteiger partial charge in [-0.3, -0.25) is 4.79 Å². The van der Waals surface area contributed by atoms with E-state index in [4.69, 9.17) is 11.5 Å². The molecule has 1 heterocycles. The standard InChI is InChI=1S/C5H7N3OS2/c1-10-5-2(3(6)9)4(7)11-8-5/h7H2,1H3,(H2,6,9). The number of nitrogen functional groups attached to an aromatic ring is 1. The van der Waals surface area contributed by atoms with Crippen molar-refractivity contribution in [1.29, 1.82) is 0 Å². The normalized spacial score (nSPS) is 9.91. The average molecular weight is 189 g/mol. The van der Waals surface area contributed by atoms with Gasteiger partial charge in [-0.15, -0.1) is 11.8 Å². The number of amides is 1. The number of nitrogens with two attached hydrogens (primary N) is 2. The van der Waals surface area contributed by atoms with Crippen LogP contribution in [0.3, 0.4) is 0 Å². The van der Waals surface area contributed by atoms with Gasteiger partial charge in [0.15, 0.2) is 0 Å². The topological polar surface area (TPSA) is 82.0 Å². The van der Waals surface area contributed by atoms with Crippen molar-refractivity contribution in [1.82, 2.24) is 4.37 Å². The van der Waals surface area contributed by atoms with Gasteiger partial charge in [-0.25, -0.2) is 0 Å². The minimum absolute atomic E-state index is 0.350. The number of hydrogen-bond donors (Lipinski definition) is 2. The van der Waals surface area contributed by atoms with Gasteiger partial charge in [-0.05, 0) is 17.8 Å². The summed E-state index contributed by atoms with van der Waals surface area (Å²) < 4.78 is 3.93. The van der Waals surface area contributed by atoms with Gasteiger partial charge in [0.25, 0.3) is 5.91 Å². The van der Waals surface area contributed by atoms with Crippen molar-refractivity contribution < 1.29 is 4.79 Å². The molecule has 0 saturated heterocycles. The van der Waals surface area contributed by atoms with E-state index in [0.29, 0.717) is 15.6 Å². The van der Waals surface area contributed by atoms with Crippen molar-refractivity contribution in [2.24, 2.45) is 5.73 Å². The Morgan fingerprint density at radius 1 is 1.73 bits per heavy atom. The quantitative estimate of drug-likeness (QED) is 0.665. The van der Waals surface area contributed by atoms with Gasteiger partial charge >= 0.3 is 0 Å². The summed E-state index contributed by atoms with van der Waals surface area (Å²) in [6.45, 7) is 0. The molecule has 0 fully saturated rings. The van der Waals surface area contributed by atoms with Crippen molar-refractivity contribution in [2.75, 3.05) is 12.0 Å². The van der Waals surface area contributed by atoms with E-state index in [2.05, 4.69) is 4.37 Å². The molecule has 0 aromatic carbocycles. The minimum Gasteiger partial charge on any atom is -0.389 e. The average Bonchev–Trinajstić information content (AvgIpc) is 2.30. The molecule has 11 heavy (non-hydrogen) atoms. The maximum absolute atomic E-state index is 10.8. The molecular weight excluding hydrogens is 182 g/mol. The second-order valence-corrected chi connectivity index (χ2v) is 3.40. The van der Waals surface area contributed by atoms with E-state index in [-0.39, 0.29) is 0 Å². The number of aromatic nitrogens is 1. The molecule has 1 aromatic heterocycles. The Morgan fingerprint density at radius 3 is 2.73 bits per heavy atom. The molecule has 0 saturated carbocycles. The lowest BCUT2D eigenvalue weighted by molar-refractivity contribution is 0.0998. The second-order valence-electron chi connectivity index (χ2n) is 1.80. The number of anilines is 1. The van der Waals surface area contributed by atoms with Crippen molar-refractivity contribution in [2.45, 2.75) is 5.03 Å². The molecule has 1 aromatic rings. The zero-order valence-electron chi connectivity index (χ0n) is 5.83. The van der Waals surface area contributed by atoms with Gasteiger partial charge in [0.1, 0.15) is 15.6 Å². The highest BCUT2D eigenvalue weighted by molar-refractivity contribution is 7.98. The monoisotopic (exact) mass is 189 g/mol. The highest BCUT2D eigenvalue weighted by atomic mass is 32.2. The van der Waals surface area contributed by atoms with Crippen molar-refractivity contribution in [3.05, 3.63) is 5.56 Å². The summed E-state index contributed by atoms with van der Waals surface area (Å²) >= 11 is 2.45. The highest BCUT2D eigenvalue weighted by Crippen LogP contribution is 2.27. The van der Waals surface area contributed by atoms with Crippen LogP contribution in [0.15, 0.2) is 5.03 Å². The van der Waals surface area contributed by atoms with Crippen LogP contribution in [0.4, 0.5) is 5.00 Å². The summed E-state index contributed by atoms with van der Waals surface area (Å²) in [4.78, 5) is 10.8. The molecule has 0 aliphatic heterocycles. The van der Waals surface area contributed by atoms with Crippen LogP contribution in [-0.2, 0) is 0 Å². The van der Waals surface area contributed by atoms with Crippen molar-refractivity contribution in [3.63, 3.8) is 0 Å².